The van der Waals surface area contributed by atoms with Crippen LogP contribution in [-0.2, 0) is 0 Å². The Morgan fingerprint density at radius 2 is 1.62 bits per heavy atom. The number of fused-ring (bicyclic) bond motifs is 1. The molecule has 0 amide bonds. The molecule has 2 atom stereocenters. The van der Waals surface area contributed by atoms with E-state index in [1.54, 1.807) is 60.7 Å². The van der Waals surface area contributed by atoms with Gasteiger partial charge in [-0.1, -0.05) is 42.5 Å². The first kappa shape index (κ1) is 14.5. The summed E-state index contributed by atoms with van der Waals surface area (Å²) in [5.74, 6) is -0.537. The zero-order chi connectivity index (χ0) is 16.5. The van der Waals surface area contributed by atoms with Crippen LogP contribution in [0.4, 0.5) is 0 Å². The highest BCUT2D eigenvalue weighted by Crippen LogP contribution is 2.40. The molecule has 2 unspecified atom stereocenters. The minimum atomic E-state index is -0.964. The highest BCUT2D eigenvalue weighted by molar-refractivity contribution is 6.18. The first-order valence-corrected chi connectivity index (χ1v) is 7.68. The Balaban J connectivity index is 1.82. The van der Waals surface area contributed by atoms with Crippen LogP contribution in [-0.4, -0.2) is 11.6 Å². The van der Waals surface area contributed by atoms with E-state index in [1.807, 2.05) is 6.07 Å². The molecule has 0 spiro atoms. The summed E-state index contributed by atoms with van der Waals surface area (Å²) in [4.78, 5) is 26.0. The highest BCUT2D eigenvalue weighted by atomic mass is 16.5. The first-order valence-electron chi connectivity index (χ1n) is 7.68. The summed E-state index contributed by atoms with van der Waals surface area (Å²) in [6.07, 6.45) is 0.739. The van der Waals surface area contributed by atoms with Crippen molar-refractivity contribution in [3.63, 3.8) is 0 Å². The van der Waals surface area contributed by atoms with E-state index in [2.05, 4.69) is 0 Å². The van der Waals surface area contributed by atoms with E-state index >= 15 is 0 Å². The van der Waals surface area contributed by atoms with E-state index in [1.165, 1.54) is 6.26 Å². The minimum Gasteiger partial charge on any atom is -0.480 e. The van der Waals surface area contributed by atoms with E-state index in [4.69, 9.17) is 9.15 Å². The van der Waals surface area contributed by atoms with Gasteiger partial charge in [-0.05, 0) is 24.3 Å². The van der Waals surface area contributed by atoms with Crippen molar-refractivity contribution < 1.29 is 18.7 Å². The first-order chi connectivity index (χ1) is 11.8. The summed E-state index contributed by atoms with van der Waals surface area (Å²) in [6, 6.07) is 19.2. The summed E-state index contributed by atoms with van der Waals surface area (Å²) < 4.78 is 11.4. The Kier molecular flexibility index (Phi) is 3.50. The van der Waals surface area contributed by atoms with Crippen LogP contribution >= 0.6 is 0 Å². The van der Waals surface area contributed by atoms with Crippen LogP contribution in [0, 0.1) is 5.92 Å². The molecule has 2 heterocycles. The Morgan fingerprint density at radius 1 is 0.875 bits per heavy atom. The molecule has 0 aliphatic carbocycles. The lowest BCUT2D eigenvalue weighted by Gasteiger charge is -2.30. The van der Waals surface area contributed by atoms with Crippen molar-refractivity contribution in [2.24, 2.45) is 5.92 Å². The van der Waals surface area contributed by atoms with Crippen molar-refractivity contribution in [1.29, 1.82) is 0 Å². The van der Waals surface area contributed by atoms with Crippen LogP contribution in [0.2, 0.25) is 0 Å². The zero-order valence-electron chi connectivity index (χ0n) is 12.7. The molecule has 2 aromatic carbocycles. The fourth-order valence-corrected chi connectivity index (χ4v) is 3.00. The maximum Gasteiger partial charge on any atom is 0.181 e. The predicted octanol–water partition coefficient (Wildman–Crippen LogP) is 4.10. The fourth-order valence-electron chi connectivity index (χ4n) is 3.00. The quantitative estimate of drug-likeness (QED) is 0.539. The van der Waals surface area contributed by atoms with Gasteiger partial charge in [0.2, 0.25) is 0 Å². The number of hydrogen-bond acceptors (Lipinski definition) is 4. The Morgan fingerprint density at radius 3 is 2.38 bits per heavy atom. The summed E-state index contributed by atoms with van der Waals surface area (Å²) in [7, 11) is 0. The smallest absolute Gasteiger partial charge is 0.181 e. The van der Waals surface area contributed by atoms with Crippen molar-refractivity contribution in [2.75, 3.05) is 0 Å². The van der Waals surface area contributed by atoms with Crippen molar-refractivity contribution in [3.05, 3.63) is 89.9 Å². The average Bonchev–Trinajstić information content (AvgIpc) is 3.16. The fraction of sp³-hybridized carbons (Fsp3) is 0.100. The zero-order valence-corrected chi connectivity index (χ0v) is 12.7. The number of benzene rings is 2. The lowest BCUT2D eigenvalue weighted by atomic mass is 9.82. The van der Waals surface area contributed by atoms with Gasteiger partial charge in [0.25, 0.3) is 0 Å². The van der Waals surface area contributed by atoms with Gasteiger partial charge in [-0.15, -0.1) is 0 Å². The molecule has 1 aromatic heterocycles. The van der Waals surface area contributed by atoms with E-state index in [9.17, 15) is 9.59 Å². The maximum absolute atomic E-state index is 13.0. The van der Waals surface area contributed by atoms with Gasteiger partial charge in [0, 0.05) is 5.56 Å². The number of para-hydroxylation sites is 1. The van der Waals surface area contributed by atoms with Gasteiger partial charge in [-0.3, -0.25) is 9.59 Å². The molecule has 4 nitrogen and oxygen atoms in total. The number of carbonyl (C=O) groups excluding carboxylic acids is 2. The summed E-state index contributed by atoms with van der Waals surface area (Å²) in [5.41, 5.74) is 0.907. The normalized spacial score (nSPS) is 19.4. The number of carbonyl (C=O) groups is 2. The lowest BCUT2D eigenvalue weighted by molar-refractivity contribution is 0.0521. The molecule has 0 N–H and O–H groups in total. The topological polar surface area (TPSA) is 56.5 Å². The van der Waals surface area contributed by atoms with Crippen molar-refractivity contribution >= 4 is 11.6 Å². The summed E-state index contributed by atoms with van der Waals surface area (Å²) in [6.45, 7) is 0. The monoisotopic (exact) mass is 318 g/mol. The molecule has 1 aliphatic heterocycles. The van der Waals surface area contributed by atoms with Crippen LogP contribution in [0.15, 0.2) is 77.4 Å². The predicted molar refractivity (Wildman–Crippen MR) is 87.1 cm³/mol. The molecule has 0 saturated heterocycles. The van der Waals surface area contributed by atoms with Crippen molar-refractivity contribution in [2.45, 2.75) is 6.10 Å². The average molecular weight is 318 g/mol. The molecule has 118 valence electrons. The summed E-state index contributed by atoms with van der Waals surface area (Å²) >= 11 is 0. The van der Waals surface area contributed by atoms with Gasteiger partial charge in [-0.2, -0.15) is 0 Å². The lowest BCUT2D eigenvalue weighted by Crippen LogP contribution is -2.37. The van der Waals surface area contributed by atoms with Crippen LogP contribution in [0.25, 0.3) is 0 Å². The molecule has 0 bridgehead atoms. The van der Waals surface area contributed by atoms with Gasteiger partial charge in [-0.25, -0.2) is 0 Å². The van der Waals surface area contributed by atoms with Gasteiger partial charge in [0.1, 0.15) is 17.4 Å². The van der Waals surface area contributed by atoms with Crippen molar-refractivity contribution in [1.82, 2.24) is 0 Å². The second kappa shape index (κ2) is 5.81. The number of Topliss-reactive ketones (excluding diaryl/α,β-unsaturated/α-hetero) is 2. The molecule has 0 saturated carbocycles. The molecule has 3 aromatic rings. The van der Waals surface area contributed by atoms with Crippen LogP contribution in [0.1, 0.15) is 32.6 Å². The van der Waals surface area contributed by atoms with Crippen LogP contribution < -0.4 is 4.74 Å². The molecule has 24 heavy (non-hydrogen) atoms. The number of ketones is 2. The van der Waals surface area contributed by atoms with Crippen molar-refractivity contribution in [3.8, 4) is 5.75 Å². The third-order valence-corrected chi connectivity index (χ3v) is 4.16. The Bertz CT molecular complexity index is 881. The Labute approximate surface area is 138 Å². The second-order valence-corrected chi connectivity index (χ2v) is 5.62. The minimum absolute atomic E-state index is 0.243. The maximum atomic E-state index is 13.0. The summed E-state index contributed by atoms with van der Waals surface area (Å²) in [5, 5.41) is 0. The van der Waals surface area contributed by atoms with E-state index < -0.39 is 12.0 Å². The molecule has 1 aliphatic rings. The largest absolute Gasteiger partial charge is 0.480 e. The third-order valence-electron chi connectivity index (χ3n) is 4.16. The number of furan rings is 1. The molecule has 0 fully saturated rings. The second-order valence-electron chi connectivity index (χ2n) is 5.62. The number of rotatable bonds is 3. The SMILES string of the molecule is O=C(c1ccccc1)C1C(=O)c2ccccc2OC1c1ccco1. The molecular weight excluding hydrogens is 304 g/mol. The third kappa shape index (κ3) is 2.33. The number of hydrogen-bond donors (Lipinski definition) is 0. The molecule has 4 heteroatoms. The highest BCUT2D eigenvalue weighted by Gasteiger charge is 2.44. The standard InChI is InChI=1S/C20H14O4/c21-18(13-7-2-1-3-8-13)17-19(22)14-9-4-5-10-15(14)24-20(17)16-11-6-12-23-16/h1-12,17,20H. The number of ether oxygens (including phenoxy) is 1. The Hall–Kier alpha value is -3.14. The van der Waals surface area contributed by atoms with Gasteiger partial charge in [0.15, 0.2) is 17.7 Å². The van der Waals surface area contributed by atoms with Gasteiger partial charge in [0.05, 0.1) is 11.8 Å². The molecule has 4 rings (SSSR count). The van der Waals surface area contributed by atoms with E-state index in [0.29, 0.717) is 22.6 Å². The van der Waals surface area contributed by atoms with Crippen LogP contribution in [0.5, 0.6) is 5.75 Å². The van der Waals surface area contributed by atoms with E-state index in [-0.39, 0.29) is 11.6 Å². The van der Waals surface area contributed by atoms with Crippen LogP contribution in [0.3, 0.4) is 0 Å². The molecular formula is C20H14O4. The molecule has 0 radical (unpaired) electrons. The van der Waals surface area contributed by atoms with E-state index in [0.717, 1.165) is 0 Å². The van der Waals surface area contributed by atoms with Gasteiger partial charge < -0.3 is 9.15 Å². The van der Waals surface area contributed by atoms with Gasteiger partial charge >= 0.3 is 0 Å².